The second-order valence-corrected chi connectivity index (χ2v) is 5.55. The minimum atomic E-state index is 0.219. The van der Waals surface area contributed by atoms with Crippen molar-refractivity contribution in [2.75, 3.05) is 0 Å². The largest absolute Gasteiger partial charge is 0.350 e. The molecule has 0 radical (unpaired) electrons. The van der Waals surface area contributed by atoms with Gasteiger partial charge in [-0.25, -0.2) is 0 Å². The fourth-order valence-corrected chi connectivity index (χ4v) is 2.99. The number of amides is 1. The summed E-state index contributed by atoms with van der Waals surface area (Å²) in [6.07, 6.45) is 8.10. The van der Waals surface area contributed by atoms with Crippen LogP contribution in [0.1, 0.15) is 49.1 Å². The molecule has 2 aliphatic carbocycles. The summed E-state index contributed by atoms with van der Waals surface area (Å²) in [5.41, 5.74) is 3.84. The van der Waals surface area contributed by atoms with Gasteiger partial charge in [0, 0.05) is 18.7 Å². The fourth-order valence-electron chi connectivity index (χ4n) is 2.99. The number of rotatable bonds is 3. The predicted molar refractivity (Wildman–Crippen MR) is 69.0 cm³/mol. The Kier molecular flexibility index (Phi) is 3.10. The van der Waals surface area contributed by atoms with Gasteiger partial charge in [-0.1, -0.05) is 6.42 Å². The molecule has 0 aromatic carbocycles. The first kappa shape index (κ1) is 11.8. The molecule has 0 spiro atoms. The summed E-state index contributed by atoms with van der Waals surface area (Å²) in [7, 11) is 2.02. The van der Waals surface area contributed by atoms with Gasteiger partial charge in [-0.15, -0.1) is 0 Å². The topological polar surface area (TPSA) is 46.9 Å². The van der Waals surface area contributed by atoms with Crippen molar-refractivity contribution in [3.8, 4) is 0 Å². The Morgan fingerprint density at radius 2 is 2.11 bits per heavy atom. The summed E-state index contributed by atoms with van der Waals surface area (Å²) in [6.45, 7) is 0.610. The number of hydrogen-bond acceptors (Lipinski definition) is 2. The van der Waals surface area contributed by atoms with Crippen molar-refractivity contribution >= 4 is 5.91 Å². The zero-order valence-corrected chi connectivity index (χ0v) is 11.0. The Morgan fingerprint density at radius 3 is 2.83 bits per heavy atom. The van der Waals surface area contributed by atoms with Crippen LogP contribution in [-0.4, -0.2) is 15.7 Å². The molecule has 1 fully saturated rings. The number of nitrogens with zero attached hydrogens (tertiary/aromatic N) is 2. The van der Waals surface area contributed by atoms with Gasteiger partial charge in [0.25, 0.3) is 0 Å². The second-order valence-electron chi connectivity index (χ2n) is 5.55. The smallest absolute Gasteiger partial charge is 0.223 e. The standard InChI is InChI=1S/C14H21N3O/c1-17-13-8-3-2-7-11(13)12(16-17)9-15-14(18)10-5-4-6-10/h10H,2-9H2,1H3,(H,15,18). The summed E-state index contributed by atoms with van der Waals surface area (Å²) < 4.78 is 2.00. The van der Waals surface area contributed by atoms with Crippen LogP contribution in [0.5, 0.6) is 0 Å². The molecule has 4 nitrogen and oxygen atoms in total. The minimum absolute atomic E-state index is 0.219. The molecule has 0 unspecified atom stereocenters. The van der Waals surface area contributed by atoms with E-state index in [-0.39, 0.29) is 11.8 Å². The van der Waals surface area contributed by atoms with E-state index in [4.69, 9.17) is 0 Å². The van der Waals surface area contributed by atoms with Crippen LogP contribution < -0.4 is 5.32 Å². The highest BCUT2D eigenvalue weighted by Crippen LogP contribution is 2.27. The van der Waals surface area contributed by atoms with Crippen LogP contribution in [0.15, 0.2) is 0 Å². The fraction of sp³-hybridized carbons (Fsp3) is 0.714. The molecular weight excluding hydrogens is 226 g/mol. The molecule has 1 N–H and O–H groups in total. The molecule has 1 amide bonds. The lowest BCUT2D eigenvalue weighted by Gasteiger charge is -2.24. The molecule has 0 bridgehead atoms. The van der Waals surface area contributed by atoms with Crippen molar-refractivity contribution in [2.45, 2.75) is 51.5 Å². The summed E-state index contributed by atoms with van der Waals surface area (Å²) >= 11 is 0. The van der Waals surface area contributed by atoms with Crippen molar-refractivity contribution in [2.24, 2.45) is 13.0 Å². The third-order valence-corrected chi connectivity index (χ3v) is 4.35. The molecule has 2 aliphatic rings. The highest BCUT2D eigenvalue weighted by atomic mass is 16.1. The van der Waals surface area contributed by atoms with E-state index in [9.17, 15) is 4.79 Å². The first-order chi connectivity index (χ1) is 8.75. The third kappa shape index (κ3) is 2.04. The maximum Gasteiger partial charge on any atom is 0.223 e. The molecule has 98 valence electrons. The van der Waals surface area contributed by atoms with E-state index < -0.39 is 0 Å². The average Bonchev–Trinajstić information content (AvgIpc) is 2.62. The molecule has 3 rings (SSSR count). The predicted octanol–water partition coefficient (Wildman–Crippen LogP) is 1.72. The zero-order valence-electron chi connectivity index (χ0n) is 11.0. The van der Waals surface area contributed by atoms with Crippen LogP contribution in [0.25, 0.3) is 0 Å². The lowest BCUT2D eigenvalue weighted by Crippen LogP contribution is -2.34. The minimum Gasteiger partial charge on any atom is -0.350 e. The van der Waals surface area contributed by atoms with Crippen molar-refractivity contribution in [1.82, 2.24) is 15.1 Å². The maximum atomic E-state index is 11.8. The van der Waals surface area contributed by atoms with Gasteiger partial charge in [0.2, 0.25) is 5.91 Å². The number of carbonyl (C=O) groups is 1. The molecule has 4 heteroatoms. The highest BCUT2D eigenvalue weighted by molar-refractivity contribution is 5.79. The number of carbonyl (C=O) groups excluding carboxylic acids is 1. The summed E-state index contributed by atoms with van der Waals surface area (Å²) in [6, 6.07) is 0. The zero-order chi connectivity index (χ0) is 12.5. The van der Waals surface area contributed by atoms with Gasteiger partial charge in [0.1, 0.15) is 0 Å². The Labute approximate surface area is 108 Å². The highest BCUT2D eigenvalue weighted by Gasteiger charge is 2.26. The molecule has 0 aliphatic heterocycles. The number of aryl methyl sites for hydroxylation is 1. The van der Waals surface area contributed by atoms with Gasteiger partial charge >= 0.3 is 0 Å². The number of fused-ring (bicyclic) bond motifs is 1. The van der Waals surface area contributed by atoms with Crippen LogP contribution in [0, 0.1) is 5.92 Å². The van der Waals surface area contributed by atoms with Gasteiger partial charge in [-0.05, 0) is 44.1 Å². The SMILES string of the molecule is Cn1nc(CNC(=O)C2CCC2)c2c1CCCC2. The quantitative estimate of drug-likeness (QED) is 0.884. The first-order valence-corrected chi connectivity index (χ1v) is 7.07. The number of hydrogen-bond donors (Lipinski definition) is 1. The molecular formula is C14H21N3O. The second kappa shape index (κ2) is 4.75. The molecule has 18 heavy (non-hydrogen) atoms. The first-order valence-electron chi connectivity index (χ1n) is 7.07. The van der Waals surface area contributed by atoms with E-state index in [2.05, 4.69) is 10.4 Å². The lowest BCUT2D eigenvalue weighted by molar-refractivity contribution is -0.127. The van der Waals surface area contributed by atoms with Gasteiger partial charge < -0.3 is 5.32 Å². The Morgan fingerprint density at radius 1 is 1.33 bits per heavy atom. The van der Waals surface area contributed by atoms with Crippen molar-refractivity contribution in [1.29, 1.82) is 0 Å². The van der Waals surface area contributed by atoms with Crippen molar-refractivity contribution < 1.29 is 4.79 Å². The van der Waals surface area contributed by atoms with Crippen molar-refractivity contribution in [3.63, 3.8) is 0 Å². The summed E-state index contributed by atoms with van der Waals surface area (Å²) in [4.78, 5) is 11.8. The summed E-state index contributed by atoms with van der Waals surface area (Å²) in [5, 5.41) is 7.62. The van der Waals surface area contributed by atoms with Crippen LogP contribution >= 0.6 is 0 Å². The Hall–Kier alpha value is -1.32. The van der Waals surface area contributed by atoms with E-state index in [1.54, 1.807) is 0 Å². The van der Waals surface area contributed by atoms with Gasteiger partial charge in [-0.3, -0.25) is 9.48 Å². The lowest BCUT2D eigenvalue weighted by atomic mass is 9.85. The molecule has 1 aromatic rings. The average molecular weight is 247 g/mol. The Balaban J connectivity index is 1.67. The van der Waals surface area contributed by atoms with Crippen LogP contribution in [0.3, 0.4) is 0 Å². The third-order valence-electron chi connectivity index (χ3n) is 4.35. The van der Waals surface area contributed by atoms with Crippen LogP contribution in [0.4, 0.5) is 0 Å². The molecule has 1 aromatic heterocycles. The van der Waals surface area contributed by atoms with E-state index >= 15 is 0 Å². The molecule has 1 heterocycles. The van der Waals surface area contributed by atoms with Crippen molar-refractivity contribution in [3.05, 3.63) is 17.0 Å². The monoisotopic (exact) mass is 247 g/mol. The van der Waals surface area contributed by atoms with Crippen LogP contribution in [-0.2, 0) is 31.2 Å². The van der Waals surface area contributed by atoms with Gasteiger partial charge in [-0.2, -0.15) is 5.10 Å². The van der Waals surface area contributed by atoms with E-state index in [0.29, 0.717) is 6.54 Å². The van der Waals surface area contributed by atoms with Gasteiger partial charge in [0.15, 0.2) is 0 Å². The molecule has 1 saturated carbocycles. The summed E-state index contributed by atoms with van der Waals surface area (Å²) in [5.74, 6) is 0.487. The maximum absolute atomic E-state index is 11.8. The number of nitrogens with one attached hydrogen (secondary N) is 1. The van der Waals surface area contributed by atoms with Gasteiger partial charge in [0.05, 0.1) is 12.2 Å². The van der Waals surface area contributed by atoms with E-state index in [1.165, 1.54) is 30.5 Å². The van der Waals surface area contributed by atoms with E-state index in [0.717, 1.165) is 31.4 Å². The van der Waals surface area contributed by atoms with E-state index in [1.807, 2.05) is 11.7 Å². The normalized spacial score (nSPS) is 19.2. The van der Waals surface area contributed by atoms with Crippen LogP contribution in [0.2, 0.25) is 0 Å². The molecule has 0 saturated heterocycles. The molecule has 0 atom stereocenters. The Bertz CT molecular complexity index is 460. The number of aromatic nitrogens is 2.